The highest BCUT2D eigenvalue weighted by atomic mass is 35.7. The molecule has 2 unspecified atom stereocenters. The molecule has 0 N–H and O–H groups in total. The molecule has 1 aliphatic carbocycles. The van der Waals surface area contributed by atoms with Gasteiger partial charge in [0.25, 0.3) is 9.05 Å². The molecule has 0 bridgehead atoms. The van der Waals surface area contributed by atoms with Gasteiger partial charge in [-0.15, -0.1) is 0 Å². The van der Waals surface area contributed by atoms with Gasteiger partial charge in [0.05, 0.1) is 6.10 Å². The molecule has 112 valence electrons. The third kappa shape index (κ3) is 4.03. The van der Waals surface area contributed by atoms with Gasteiger partial charge in [0, 0.05) is 15.7 Å². The Bertz CT molecular complexity index is 576. The Kier molecular flexibility index (Phi) is 4.88. The summed E-state index contributed by atoms with van der Waals surface area (Å²) >= 11 is 5.83. The molecular weight excluding hydrogens is 319 g/mol. The number of hydrogen-bond donors (Lipinski definition) is 0. The van der Waals surface area contributed by atoms with Crippen LogP contribution in [-0.4, -0.2) is 14.5 Å². The highest BCUT2D eigenvalue weighted by molar-refractivity contribution is 8.13. The summed E-state index contributed by atoms with van der Waals surface area (Å²) in [6.45, 7) is 4.38. The van der Waals surface area contributed by atoms with Gasteiger partial charge in [0.1, 0.15) is 10.6 Å². The van der Waals surface area contributed by atoms with Gasteiger partial charge < -0.3 is 4.74 Å². The van der Waals surface area contributed by atoms with Gasteiger partial charge in [-0.2, -0.15) is 0 Å². The van der Waals surface area contributed by atoms with Crippen LogP contribution in [0.1, 0.15) is 33.1 Å². The topological polar surface area (TPSA) is 43.4 Å². The molecular formula is C14H18Cl2O3S. The zero-order valence-corrected chi connectivity index (χ0v) is 13.8. The average molecular weight is 337 g/mol. The van der Waals surface area contributed by atoms with E-state index in [4.69, 9.17) is 27.0 Å². The Morgan fingerprint density at radius 3 is 2.30 bits per heavy atom. The number of hydrogen-bond acceptors (Lipinski definition) is 3. The van der Waals surface area contributed by atoms with E-state index in [0.717, 1.165) is 12.8 Å². The van der Waals surface area contributed by atoms with Crippen molar-refractivity contribution < 1.29 is 13.2 Å². The Balaban J connectivity index is 2.25. The molecule has 0 aromatic heterocycles. The molecule has 6 heteroatoms. The van der Waals surface area contributed by atoms with Gasteiger partial charge in [-0.25, -0.2) is 8.42 Å². The fourth-order valence-electron chi connectivity index (χ4n) is 2.92. The van der Waals surface area contributed by atoms with Gasteiger partial charge in [-0.05, 0) is 49.3 Å². The standard InChI is InChI=1S/C14H18Cl2O3S/c1-9-5-10(2)7-12(6-9)19-13-4-3-11(15)8-14(13)20(16,17)18/h3-4,8-10,12H,5-7H2,1-2H3. The minimum Gasteiger partial charge on any atom is -0.489 e. The molecule has 20 heavy (non-hydrogen) atoms. The number of ether oxygens (including phenoxy) is 1. The first-order chi connectivity index (χ1) is 9.25. The summed E-state index contributed by atoms with van der Waals surface area (Å²) in [7, 11) is 1.57. The molecule has 2 atom stereocenters. The molecule has 0 spiro atoms. The highest BCUT2D eigenvalue weighted by Crippen LogP contribution is 2.35. The van der Waals surface area contributed by atoms with Gasteiger partial charge >= 0.3 is 0 Å². The van der Waals surface area contributed by atoms with E-state index in [1.54, 1.807) is 12.1 Å². The molecule has 1 aromatic carbocycles. The second-order valence-corrected chi connectivity index (χ2v) is 8.66. The fourth-order valence-corrected chi connectivity index (χ4v) is 4.14. The Morgan fingerprint density at radius 1 is 1.15 bits per heavy atom. The van der Waals surface area contributed by atoms with E-state index in [1.807, 2.05) is 0 Å². The molecule has 1 saturated carbocycles. The van der Waals surface area contributed by atoms with E-state index in [9.17, 15) is 8.42 Å². The van der Waals surface area contributed by atoms with Crippen LogP contribution < -0.4 is 4.74 Å². The van der Waals surface area contributed by atoms with Crippen molar-refractivity contribution in [3.05, 3.63) is 23.2 Å². The van der Waals surface area contributed by atoms with E-state index in [0.29, 0.717) is 16.9 Å². The molecule has 0 saturated heterocycles. The summed E-state index contributed by atoms with van der Waals surface area (Å²) in [4.78, 5) is -0.0578. The van der Waals surface area contributed by atoms with Crippen LogP contribution in [0.25, 0.3) is 0 Å². The fraction of sp³-hybridized carbons (Fsp3) is 0.571. The molecule has 0 heterocycles. The SMILES string of the molecule is CC1CC(C)CC(Oc2ccc(Cl)cc2S(=O)(=O)Cl)C1. The molecule has 0 aliphatic heterocycles. The number of halogens is 2. The van der Waals surface area contributed by atoms with Crippen molar-refractivity contribution >= 4 is 31.3 Å². The van der Waals surface area contributed by atoms with E-state index in [1.165, 1.54) is 12.5 Å². The third-order valence-electron chi connectivity index (χ3n) is 3.60. The summed E-state index contributed by atoms with van der Waals surface area (Å²) < 4.78 is 29.1. The maximum atomic E-state index is 11.6. The van der Waals surface area contributed by atoms with Gasteiger partial charge in [-0.1, -0.05) is 25.4 Å². The van der Waals surface area contributed by atoms with Gasteiger partial charge in [0.2, 0.25) is 0 Å². The maximum absolute atomic E-state index is 11.6. The van der Waals surface area contributed by atoms with Crippen LogP contribution in [0, 0.1) is 11.8 Å². The van der Waals surface area contributed by atoms with Crippen LogP contribution in [0.5, 0.6) is 5.75 Å². The minimum atomic E-state index is -3.87. The van der Waals surface area contributed by atoms with Crippen molar-refractivity contribution in [3.63, 3.8) is 0 Å². The Labute approximate surface area is 129 Å². The molecule has 1 aromatic rings. The molecule has 0 radical (unpaired) electrons. The summed E-state index contributed by atoms with van der Waals surface area (Å²) in [5.41, 5.74) is 0. The molecule has 3 nitrogen and oxygen atoms in total. The maximum Gasteiger partial charge on any atom is 0.265 e. The smallest absolute Gasteiger partial charge is 0.265 e. The van der Waals surface area contributed by atoms with Gasteiger partial charge in [0.15, 0.2) is 0 Å². The van der Waals surface area contributed by atoms with Crippen molar-refractivity contribution in [3.8, 4) is 5.75 Å². The van der Waals surface area contributed by atoms with Crippen LogP contribution in [-0.2, 0) is 9.05 Å². The van der Waals surface area contributed by atoms with Crippen LogP contribution >= 0.6 is 22.3 Å². The quantitative estimate of drug-likeness (QED) is 0.764. The first kappa shape index (κ1) is 15.9. The predicted molar refractivity (Wildman–Crippen MR) is 81.1 cm³/mol. The minimum absolute atomic E-state index is 0.0205. The van der Waals surface area contributed by atoms with Crippen molar-refractivity contribution in [2.45, 2.75) is 44.1 Å². The van der Waals surface area contributed by atoms with Crippen LogP contribution in [0.3, 0.4) is 0 Å². The highest BCUT2D eigenvalue weighted by Gasteiger charge is 2.27. The van der Waals surface area contributed by atoms with E-state index >= 15 is 0 Å². The summed E-state index contributed by atoms with van der Waals surface area (Å²) in [6.07, 6.45) is 3.05. The van der Waals surface area contributed by atoms with Crippen molar-refractivity contribution in [2.24, 2.45) is 11.8 Å². The lowest BCUT2D eigenvalue weighted by atomic mass is 9.82. The van der Waals surface area contributed by atoms with Crippen LogP contribution in [0.4, 0.5) is 0 Å². The largest absolute Gasteiger partial charge is 0.489 e. The molecule has 2 rings (SSSR count). The molecule has 0 amide bonds. The normalized spacial score (nSPS) is 27.3. The zero-order valence-electron chi connectivity index (χ0n) is 11.5. The summed E-state index contributed by atoms with van der Waals surface area (Å²) in [6, 6.07) is 4.51. The van der Waals surface area contributed by atoms with Crippen LogP contribution in [0.15, 0.2) is 23.1 Å². The van der Waals surface area contributed by atoms with E-state index < -0.39 is 9.05 Å². The second kappa shape index (κ2) is 6.12. The van der Waals surface area contributed by atoms with Crippen LogP contribution in [0.2, 0.25) is 5.02 Å². The monoisotopic (exact) mass is 336 g/mol. The number of rotatable bonds is 3. The molecule has 1 fully saturated rings. The summed E-state index contributed by atoms with van der Waals surface area (Å²) in [5, 5.41) is 0.321. The molecule has 1 aliphatic rings. The van der Waals surface area contributed by atoms with E-state index in [-0.39, 0.29) is 16.7 Å². The van der Waals surface area contributed by atoms with Crippen molar-refractivity contribution in [1.82, 2.24) is 0 Å². The second-order valence-electron chi connectivity index (χ2n) is 5.69. The van der Waals surface area contributed by atoms with E-state index in [2.05, 4.69) is 13.8 Å². The van der Waals surface area contributed by atoms with Crippen molar-refractivity contribution in [1.29, 1.82) is 0 Å². The predicted octanol–water partition coefficient (Wildman–Crippen LogP) is 4.47. The zero-order chi connectivity index (χ0) is 14.9. The third-order valence-corrected chi connectivity index (χ3v) is 5.18. The lowest BCUT2D eigenvalue weighted by Gasteiger charge is -2.32. The summed E-state index contributed by atoms with van der Waals surface area (Å²) in [5.74, 6) is 1.44. The lowest BCUT2D eigenvalue weighted by molar-refractivity contribution is 0.0983. The first-order valence-electron chi connectivity index (χ1n) is 6.66. The lowest BCUT2D eigenvalue weighted by Crippen LogP contribution is -2.28. The Morgan fingerprint density at radius 2 is 1.75 bits per heavy atom. The first-order valence-corrected chi connectivity index (χ1v) is 9.35. The van der Waals surface area contributed by atoms with Crippen molar-refractivity contribution in [2.75, 3.05) is 0 Å². The average Bonchev–Trinajstić information content (AvgIpc) is 2.28. The van der Waals surface area contributed by atoms with Gasteiger partial charge in [-0.3, -0.25) is 0 Å². The Hall–Kier alpha value is -0.450. The number of benzene rings is 1.